The molecule has 1 fully saturated rings. The lowest BCUT2D eigenvalue weighted by atomic mass is 10.2. The van der Waals surface area contributed by atoms with Crippen LogP contribution in [0.1, 0.15) is 33.4 Å². The van der Waals surface area contributed by atoms with Gasteiger partial charge in [-0.1, -0.05) is 33.8 Å². The van der Waals surface area contributed by atoms with Gasteiger partial charge in [-0.15, -0.1) is 0 Å². The Morgan fingerprint density at radius 2 is 1.61 bits per heavy atom. The van der Waals surface area contributed by atoms with Crippen molar-refractivity contribution in [1.82, 2.24) is 15.2 Å². The summed E-state index contributed by atoms with van der Waals surface area (Å²) in [5.74, 6) is 0.913. The Balaban J connectivity index is 0.000000921. The van der Waals surface area contributed by atoms with E-state index in [9.17, 15) is 0 Å². The van der Waals surface area contributed by atoms with Gasteiger partial charge in [0.1, 0.15) is 5.75 Å². The number of methoxy groups -OCH3 is 1. The summed E-state index contributed by atoms with van der Waals surface area (Å²) in [5, 5.41) is 3.47. The molecule has 0 radical (unpaired) electrons. The molecule has 1 aliphatic heterocycles. The number of piperazine rings is 1. The van der Waals surface area contributed by atoms with Crippen LogP contribution in [0.5, 0.6) is 5.75 Å². The fourth-order valence-electron chi connectivity index (χ4n) is 2.98. The molecule has 2 heterocycles. The highest BCUT2D eigenvalue weighted by Gasteiger charge is 2.16. The second kappa shape index (κ2) is 14.9. The first-order chi connectivity index (χ1) is 13.8. The summed E-state index contributed by atoms with van der Waals surface area (Å²) < 4.78 is 5.22. The molecule has 0 bridgehead atoms. The van der Waals surface area contributed by atoms with Crippen LogP contribution in [-0.4, -0.2) is 56.3 Å². The van der Waals surface area contributed by atoms with Crippen LogP contribution in [0, 0.1) is 0 Å². The Morgan fingerprint density at radius 1 is 0.929 bits per heavy atom. The first kappa shape index (κ1) is 23.9. The number of hydrogen-bond donors (Lipinski definition) is 1. The molecule has 5 heteroatoms. The van der Waals surface area contributed by atoms with Crippen molar-refractivity contribution in [2.45, 2.75) is 34.2 Å². The third-order valence-corrected chi connectivity index (χ3v) is 4.45. The fraction of sp³-hybridized carbons (Fsp3) is 0.522. The van der Waals surface area contributed by atoms with Crippen molar-refractivity contribution < 1.29 is 4.74 Å². The third kappa shape index (κ3) is 8.28. The summed E-state index contributed by atoms with van der Waals surface area (Å²) in [6, 6.07) is 14.4. The number of nitrogens with zero attached hydrogens (tertiary/aromatic N) is 3. The number of ether oxygens (including phenoxy) is 1. The van der Waals surface area contributed by atoms with E-state index in [1.165, 1.54) is 5.69 Å². The summed E-state index contributed by atoms with van der Waals surface area (Å²) in [6.45, 7) is 15.3. The first-order valence-electron chi connectivity index (χ1n) is 10.6. The normalized spacial score (nSPS) is 13.7. The van der Waals surface area contributed by atoms with Crippen molar-refractivity contribution in [1.29, 1.82) is 0 Å². The van der Waals surface area contributed by atoms with Crippen molar-refractivity contribution in [3.63, 3.8) is 0 Å². The molecule has 1 aromatic carbocycles. The van der Waals surface area contributed by atoms with E-state index in [4.69, 9.17) is 4.74 Å². The average molecular weight is 387 g/mol. The number of hydrogen-bond acceptors (Lipinski definition) is 5. The van der Waals surface area contributed by atoms with Crippen LogP contribution in [-0.2, 0) is 6.54 Å². The maximum Gasteiger partial charge on any atom is 0.119 e. The summed E-state index contributed by atoms with van der Waals surface area (Å²) in [6.07, 6.45) is 1.84. The standard InChI is InChI=1S/C19H26N4O.2C2H6/c1-24-19-7-5-18(6-8-19)23-14-12-22(13-15-23)11-10-20-16-17-4-2-3-9-21-17;2*1-2/h2-9,20H,10-16H2,1H3;2*1-2H3. The molecule has 0 aliphatic carbocycles. The van der Waals surface area contributed by atoms with E-state index in [1.54, 1.807) is 7.11 Å². The predicted octanol–water partition coefficient (Wildman–Crippen LogP) is 4.05. The Morgan fingerprint density at radius 3 is 2.18 bits per heavy atom. The molecule has 1 aromatic heterocycles. The van der Waals surface area contributed by atoms with Gasteiger partial charge in [-0.2, -0.15) is 0 Å². The predicted molar refractivity (Wildman–Crippen MR) is 120 cm³/mol. The maximum absolute atomic E-state index is 5.22. The molecule has 1 aliphatic rings. The van der Waals surface area contributed by atoms with E-state index in [0.717, 1.165) is 57.3 Å². The Kier molecular flexibility index (Phi) is 12.7. The molecule has 0 unspecified atom stereocenters. The van der Waals surface area contributed by atoms with Crippen molar-refractivity contribution in [2.24, 2.45) is 0 Å². The molecule has 0 amide bonds. The van der Waals surface area contributed by atoms with Gasteiger partial charge in [0.15, 0.2) is 0 Å². The molecular formula is C23H38N4O. The largest absolute Gasteiger partial charge is 0.497 e. The van der Waals surface area contributed by atoms with Crippen LogP contribution >= 0.6 is 0 Å². The molecule has 5 nitrogen and oxygen atoms in total. The zero-order valence-corrected chi connectivity index (χ0v) is 18.3. The van der Waals surface area contributed by atoms with Gasteiger partial charge in [0.2, 0.25) is 0 Å². The van der Waals surface area contributed by atoms with E-state index in [-0.39, 0.29) is 0 Å². The topological polar surface area (TPSA) is 40.6 Å². The second-order valence-corrected chi connectivity index (χ2v) is 6.02. The minimum atomic E-state index is 0.840. The zero-order chi connectivity index (χ0) is 20.6. The van der Waals surface area contributed by atoms with Crippen molar-refractivity contribution in [3.8, 4) is 5.75 Å². The minimum Gasteiger partial charge on any atom is -0.497 e. The fourth-order valence-corrected chi connectivity index (χ4v) is 2.98. The lowest BCUT2D eigenvalue weighted by molar-refractivity contribution is 0.257. The van der Waals surface area contributed by atoms with E-state index in [2.05, 4.69) is 38.3 Å². The highest BCUT2D eigenvalue weighted by Crippen LogP contribution is 2.20. The quantitative estimate of drug-likeness (QED) is 0.727. The first-order valence-corrected chi connectivity index (χ1v) is 10.6. The number of rotatable bonds is 7. The number of aromatic nitrogens is 1. The van der Waals surface area contributed by atoms with Crippen molar-refractivity contribution in [3.05, 3.63) is 54.4 Å². The third-order valence-electron chi connectivity index (χ3n) is 4.45. The molecule has 3 rings (SSSR count). The summed E-state index contributed by atoms with van der Waals surface area (Å²) in [7, 11) is 1.70. The van der Waals surface area contributed by atoms with Gasteiger partial charge in [0, 0.05) is 57.7 Å². The molecule has 0 saturated carbocycles. The summed E-state index contributed by atoms with van der Waals surface area (Å²) in [4.78, 5) is 9.29. The van der Waals surface area contributed by atoms with Gasteiger partial charge in [0.25, 0.3) is 0 Å². The molecule has 0 atom stereocenters. The van der Waals surface area contributed by atoms with Crippen LogP contribution in [0.2, 0.25) is 0 Å². The zero-order valence-electron chi connectivity index (χ0n) is 18.3. The lowest BCUT2D eigenvalue weighted by Gasteiger charge is -2.36. The number of nitrogens with one attached hydrogen (secondary N) is 1. The highest BCUT2D eigenvalue weighted by molar-refractivity contribution is 5.49. The van der Waals surface area contributed by atoms with Crippen LogP contribution in [0.3, 0.4) is 0 Å². The van der Waals surface area contributed by atoms with Crippen molar-refractivity contribution >= 4 is 5.69 Å². The second-order valence-electron chi connectivity index (χ2n) is 6.02. The van der Waals surface area contributed by atoms with E-state index in [1.807, 2.05) is 58.2 Å². The van der Waals surface area contributed by atoms with Gasteiger partial charge < -0.3 is 15.0 Å². The Bertz CT molecular complexity index is 596. The SMILES string of the molecule is CC.CC.COc1ccc(N2CCN(CCNCc3ccccn3)CC2)cc1. The van der Waals surface area contributed by atoms with Gasteiger partial charge in [-0.05, 0) is 36.4 Å². The van der Waals surface area contributed by atoms with Crippen LogP contribution < -0.4 is 15.0 Å². The van der Waals surface area contributed by atoms with E-state index in [0.29, 0.717) is 0 Å². The van der Waals surface area contributed by atoms with Gasteiger partial charge in [0.05, 0.1) is 12.8 Å². The molecule has 0 spiro atoms. The van der Waals surface area contributed by atoms with Gasteiger partial charge in [-0.25, -0.2) is 0 Å². The highest BCUT2D eigenvalue weighted by atomic mass is 16.5. The minimum absolute atomic E-state index is 0.840. The molecule has 2 aromatic rings. The van der Waals surface area contributed by atoms with Crippen molar-refractivity contribution in [2.75, 3.05) is 51.3 Å². The summed E-state index contributed by atoms with van der Waals surface area (Å²) in [5.41, 5.74) is 2.38. The number of anilines is 1. The Hall–Kier alpha value is -2.11. The van der Waals surface area contributed by atoms with Gasteiger partial charge >= 0.3 is 0 Å². The smallest absolute Gasteiger partial charge is 0.119 e. The van der Waals surface area contributed by atoms with E-state index < -0.39 is 0 Å². The number of benzene rings is 1. The van der Waals surface area contributed by atoms with Crippen LogP contribution in [0.15, 0.2) is 48.7 Å². The average Bonchev–Trinajstić information content (AvgIpc) is 2.81. The molecule has 1 saturated heterocycles. The Labute approximate surface area is 171 Å². The maximum atomic E-state index is 5.22. The number of pyridine rings is 1. The summed E-state index contributed by atoms with van der Waals surface area (Å²) >= 11 is 0. The van der Waals surface area contributed by atoms with Crippen LogP contribution in [0.25, 0.3) is 0 Å². The van der Waals surface area contributed by atoms with Gasteiger partial charge in [-0.3, -0.25) is 9.88 Å². The molecule has 156 valence electrons. The molecule has 28 heavy (non-hydrogen) atoms. The van der Waals surface area contributed by atoms with Crippen LogP contribution in [0.4, 0.5) is 5.69 Å². The monoisotopic (exact) mass is 386 g/mol. The molecule has 1 N–H and O–H groups in total. The van der Waals surface area contributed by atoms with E-state index >= 15 is 0 Å². The molecular weight excluding hydrogens is 348 g/mol. The lowest BCUT2D eigenvalue weighted by Crippen LogP contribution is -2.48.